The van der Waals surface area contributed by atoms with Crippen LogP contribution in [0.5, 0.6) is 0 Å². The lowest BCUT2D eigenvalue weighted by atomic mass is 9.62. The summed E-state index contributed by atoms with van der Waals surface area (Å²) in [5.41, 5.74) is 0.406. The lowest BCUT2D eigenvalue weighted by Crippen LogP contribution is -2.55. The Bertz CT molecular complexity index is 936. The minimum absolute atomic E-state index is 0.00126. The van der Waals surface area contributed by atoms with Gasteiger partial charge < -0.3 is 19.9 Å². The van der Waals surface area contributed by atoms with E-state index in [9.17, 15) is 9.59 Å². The number of piperazine rings is 1. The molecule has 5 rings (SSSR count). The number of anilines is 1. The van der Waals surface area contributed by atoms with Gasteiger partial charge in [0.15, 0.2) is 0 Å². The van der Waals surface area contributed by atoms with Crippen LogP contribution in [0.15, 0.2) is 18.2 Å². The average Bonchev–Trinajstić information content (AvgIpc) is 3.59. The number of carbonyl (C=O) groups is 2. The summed E-state index contributed by atoms with van der Waals surface area (Å²) in [5, 5.41) is 3.40. The number of ether oxygens (including phenoxy) is 1. The maximum atomic E-state index is 15.4. The molecule has 2 unspecified atom stereocenters. The lowest BCUT2D eigenvalue weighted by molar-refractivity contribution is -0.126. The molecule has 3 aliphatic carbocycles. The smallest absolute Gasteiger partial charge is 0.409 e. The van der Waals surface area contributed by atoms with Gasteiger partial charge in [0, 0.05) is 43.0 Å². The Hall–Kier alpha value is -2.31. The molecule has 7 heteroatoms. The first kappa shape index (κ1) is 23.4. The highest BCUT2D eigenvalue weighted by Gasteiger charge is 2.54. The number of hydrogen-bond acceptors (Lipinski definition) is 4. The average molecular weight is 472 g/mol. The molecular weight excluding hydrogens is 433 g/mol. The van der Waals surface area contributed by atoms with Crippen molar-refractivity contribution in [3.63, 3.8) is 0 Å². The molecule has 1 N–H and O–H groups in total. The highest BCUT2D eigenvalue weighted by atomic mass is 19.1. The van der Waals surface area contributed by atoms with Crippen LogP contribution in [-0.4, -0.2) is 55.7 Å². The third kappa shape index (κ3) is 4.38. The van der Waals surface area contributed by atoms with Crippen molar-refractivity contribution in [2.24, 2.45) is 17.8 Å². The van der Waals surface area contributed by atoms with Gasteiger partial charge in [-0.25, -0.2) is 9.18 Å². The Balaban J connectivity index is 1.26. The highest BCUT2D eigenvalue weighted by Crippen LogP contribution is 2.51. The van der Waals surface area contributed by atoms with Gasteiger partial charge in [-0.15, -0.1) is 0 Å². The van der Waals surface area contributed by atoms with Crippen molar-refractivity contribution in [3.05, 3.63) is 29.6 Å². The van der Waals surface area contributed by atoms with Crippen LogP contribution in [0.2, 0.25) is 0 Å². The second-order valence-electron chi connectivity index (χ2n) is 11.7. The molecule has 1 aromatic rings. The molecule has 6 nitrogen and oxygen atoms in total. The maximum Gasteiger partial charge on any atom is 0.409 e. The van der Waals surface area contributed by atoms with Crippen LogP contribution in [0, 0.1) is 23.6 Å². The first-order valence-corrected chi connectivity index (χ1v) is 12.9. The third-order valence-electron chi connectivity index (χ3n) is 8.76. The molecule has 186 valence electrons. The van der Waals surface area contributed by atoms with Crippen LogP contribution >= 0.6 is 0 Å². The van der Waals surface area contributed by atoms with E-state index < -0.39 is 5.41 Å². The van der Waals surface area contributed by atoms with E-state index >= 15 is 4.39 Å². The molecule has 4 fully saturated rings. The first-order chi connectivity index (χ1) is 16.2. The van der Waals surface area contributed by atoms with E-state index in [1.54, 1.807) is 11.0 Å². The van der Waals surface area contributed by atoms with Crippen molar-refractivity contribution in [1.82, 2.24) is 10.2 Å². The molecule has 2 amide bonds. The Morgan fingerprint density at radius 2 is 1.71 bits per heavy atom. The summed E-state index contributed by atoms with van der Waals surface area (Å²) in [6.07, 6.45) is 6.97. The van der Waals surface area contributed by atoms with E-state index in [4.69, 9.17) is 4.74 Å². The van der Waals surface area contributed by atoms with Gasteiger partial charge in [0.2, 0.25) is 5.91 Å². The summed E-state index contributed by atoms with van der Waals surface area (Å²) in [6.45, 7) is 6.88. The molecular formula is C27H38FN3O3. The second-order valence-corrected chi connectivity index (χ2v) is 11.7. The number of methoxy groups -OCH3 is 1. The fourth-order valence-electron chi connectivity index (χ4n) is 7.19. The third-order valence-corrected chi connectivity index (χ3v) is 8.76. The fraction of sp³-hybridized carbons (Fsp3) is 0.704. The van der Waals surface area contributed by atoms with Crippen molar-refractivity contribution >= 4 is 17.7 Å². The van der Waals surface area contributed by atoms with Crippen molar-refractivity contribution in [1.29, 1.82) is 0 Å². The zero-order chi connectivity index (χ0) is 24.1. The number of fused-ring (bicyclic) bond motifs is 2. The Kier molecular flexibility index (Phi) is 6.01. The second kappa shape index (κ2) is 8.72. The van der Waals surface area contributed by atoms with Crippen LogP contribution < -0.4 is 10.2 Å². The van der Waals surface area contributed by atoms with Crippen molar-refractivity contribution < 1.29 is 18.7 Å². The van der Waals surface area contributed by atoms with Crippen molar-refractivity contribution in [2.75, 3.05) is 38.2 Å². The van der Waals surface area contributed by atoms with E-state index in [0.29, 0.717) is 56.4 Å². The standard InChI is InChI=1S/C27H38FN3O3/c1-18-12-19-14-20(13-18)17-26(2,16-19)29-24(32)27(6-7-27)22-5-4-21(15-23(22)28)30-8-10-31(11-9-30)25(33)34-3/h4-5,15,18-20H,6-14,16-17H2,1-3H3,(H,29,32). The molecule has 0 spiro atoms. The van der Waals surface area contributed by atoms with Gasteiger partial charge in [0.1, 0.15) is 5.82 Å². The molecule has 2 atom stereocenters. The topological polar surface area (TPSA) is 61.9 Å². The molecule has 4 aliphatic rings. The minimum Gasteiger partial charge on any atom is -0.453 e. The highest BCUT2D eigenvalue weighted by molar-refractivity contribution is 5.92. The van der Waals surface area contributed by atoms with Crippen LogP contribution in [-0.2, 0) is 14.9 Å². The number of carbonyl (C=O) groups excluding carboxylic acids is 2. The fourth-order valence-corrected chi connectivity index (χ4v) is 7.19. The zero-order valence-electron chi connectivity index (χ0n) is 20.7. The summed E-state index contributed by atoms with van der Waals surface area (Å²) in [6, 6.07) is 5.29. The predicted molar refractivity (Wildman–Crippen MR) is 129 cm³/mol. The molecule has 0 radical (unpaired) electrons. The first-order valence-electron chi connectivity index (χ1n) is 12.9. The van der Waals surface area contributed by atoms with E-state index in [2.05, 4.69) is 24.1 Å². The largest absolute Gasteiger partial charge is 0.453 e. The Labute approximate surface area is 202 Å². The van der Waals surface area contributed by atoms with E-state index in [0.717, 1.165) is 24.4 Å². The van der Waals surface area contributed by atoms with Crippen LogP contribution in [0.1, 0.15) is 64.4 Å². The van der Waals surface area contributed by atoms with Gasteiger partial charge in [0.05, 0.1) is 12.5 Å². The monoisotopic (exact) mass is 471 g/mol. The van der Waals surface area contributed by atoms with Crippen LogP contribution in [0.4, 0.5) is 14.9 Å². The Morgan fingerprint density at radius 3 is 2.26 bits per heavy atom. The molecule has 1 aromatic carbocycles. The molecule has 1 aliphatic heterocycles. The van der Waals surface area contributed by atoms with E-state index in [1.165, 1.54) is 26.4 Å². The van der Waals surface area contributed by atoms with Crippen molar-refractivity contribution in [2.45, 2.75) is 69.7 Å². The molecule has 3 saturated carbocycles. The SMILES string of the molecule is COC(=O)N1CCN(c2ccc(C3(C(=O)NC4(C)CC5CC(C)CC(C5)C4)CC3)c(F)c2)CC1. The molecule has 2 bridgehead atoms. The summed E-state index contributed by atoms with van der Waals surface area (Å²) in [5.74, 6) is 1.87. The van der Waals surface area contributed by atoms with Crippen LogP contribution in [0.25, 0.3) is 0 Å². The van der Waals surface area contributed by atoms with Gasteiger partial charge in [-0.2, -0.15) is 0 Å². The number of hydrogen-bond donors (Lipinski definition) is 1. The van der Waals surface area contributed by atoms with Crippen LogP contribution in [0.3, 0.4) is 0 Å². The van der Waals surface area contributed by atoms with Crippen molar-refractivity contribution in [3.8, 4) is 0 Å². The summed E-state index contributed by atoms with van der Waals surface area (Å²) in [4.78, 5) is 29.0. The molecule has 1 heterocycles. The number of benzene rings is 1. The maximum absolute atomic E-state index is 15.4. The summed E-state index contributed by atoms with van der Waals surface area (Å²) < 4.78 is 20.2. The van der Waals surface area contributed by atoms with E-state index in [-0.39, 0.29) is 23.4 Å². The molecule has 0 aromatic heterocycles. The lowest BCUT2D eigenvalue weighted by Gasteiger charge is -2.48. The van der Waals surface area contributed by atoms with Gasteiger partial charge in [-0.1, -0.05) is 13.0 Å². The zero-order valence-corrected chi connectivity index (χ0v) is 20.7. The number of nitrogens with zero attached hydrogens (tertiary/aromatic N) is 2. The quantitative estimate of drug-likeness (QED) is 0.704. The normalized spacial score (nSPS) is 32.2. The summed E-state index contributed by atoms with van der Waals surface area (Å²) in [7, 11) is 1.38. The van der Waals surface area contributed by atoms with E-state index in [1.807, 2.05) is 12.1 Å². The number of rotatable bonds is 4. The minimum atomic E-state index is -0.727. The van der Waals surface area contributed by atoms with Gasteiger partial charge in [0.25, 0.3) is 0 Å². The Morgan fingerprint density at radius 1 is 1.06 bits per heavy atom. The van der Waals surface area contributed by atoms with Gasteiger partial charge >= 0.3 is 6.09 Å². The number of amides is 2. The van der Waals surface area contributed by atoms with Gasteiger partial charge in [-0.05, 0) is 81.8 Å². The van der Waals surface area contributed by atoms with Gasteiger partial charge in [-0.3, -0.25) is 4.79 Å². The molecule has 1 saturated heterocycles. The predicted octanol–water partition coefficient (Wildman–Crippen LogP) is 4.47. The number of halogens is 1. The molecule has 34 heavy (non-hydrogen) atoms. The number of nitrogens with one attached hydrogen (secondary N) is 1. The summed E-state index contributed by atoms with van der Waals surface area (Å²) >= 11 is 0.